The Labute approximate surface area is 146 Å². The summed E-state index contributed by atoms with van der Waals surface area (Å²) in [5.41, 5.74) is 2.08. The van der Waals surface area contributed by atoms with E-state index in [0.717, 1.165) is 11.1 Å². The second kappa shape index (κ2) is 8.19. The Morgan fingerprint density at radius 1 is 1.08 bits per heavy atom. The van der Waals surface area contributed by atoms with Gasteiger partial charge in [-0.2, -0.15) is 0 Å². The molecule has 25 heavy (non-hydrogen) atoms. The summed E-state index contributed by atoms with van der Waals surface area (Å²) in [6.07, 6.45) is 1.58. The van der Waals surface area contributed by atoms with Crippen molar-refractivity contribution in [2.24, 2.45) is 4.99 Å². The van der Waals surface area contributed by atoms with Crippen LogP contribution < -0.4 is 14.2 Å². The molecule has 0 aliphatic heterocycles. The fourth-order valence-electron chi connectivity index (χ4n) is 2.41. The Hall–Kier alpha value is -3.02. The zero-order valence-corrected chi connectivity index (χ0v) is 14.7. The van der Waals surface area contributed by atoms with E-state index < -0.39 is 0 Å². The molecule has 0 heterocycles. The van der Waals surface area contributed by atoms with Crippen molar-refractivity contribution in [3.05, 3.63) is 47.0 Å². The van der Waals surface area contributed by atoms with E-state index in [1.54, 1.807) is 32.6 Å². The molecule has 0 aliphatic carbocycles. The number of phenols is 1. The molecule has 0 fully saturated rings. The van der Waals surface area contributed by atoms with Gasteiger partial charge < -0.3 is 19.3 Å². The molecule has 0 bridgehead atoms. The number of methoxy groups -OCH3 is 3. The summed E-state index contributed by atoms with van der Waals surface area (Å²) < 4.78 is 15.6. The van der Waals surface area contributed by atoms with Crippen LogP contribution in [0.2, 0.25) is 0 Å². The Morgan fingerprint density at radius 2 is 1.80 bits per heavy atom. The van der Waals surface area contributed by atoms with Crippen LogP contribution in [0.15, 0.2) is 35.3 Å². The molecule has 2 rings (SSSR count). The van der Waals surface area contributed by atoms with E-state index in [-0.39, 0.29) is 18.1 Å². The van der Waals surface area contributed by atoms with E-state index in [0.29, 0.717) is 22.8 Å². The van der Waals surface area contributed by atoms with Crippen molar-refractivity contribution >= 4 is 12.0 Å². The van der Waals surface area contributed by atoms with Crippen LogP contribution in [0.25, 0.3) is 0 Å². The summed E-state index contributed by atoms with van der Waals surface area (Å²) in [5.74, 6) is 1.19. The topological polar surface area (TPSA) is 77.4 Å². The summed E-state index contributed by atoms with van der Waals surface area (Å²) in [4.78, 5) is 16.4. The highest BCUT2D eigenvalue weighted by Gasteiger charge is 2.11. The largest absolute Gasteiger partial charge is 0.504 e. The van der Waals surface area contributed by atoms with Crippen molar-refractivity contribution in [3.8, 4) is 23.0 Å². The number of ether oxygens (including phenoxy) is 3. The molecule has 0 saturated heterocycles. The molecule has 132 valence electrons. The number of carbonyl (C=O) groups excluding carboxylic acids is 1. The van der Waals surface area contributed by atoms with Gasteiger partial charge in [-0.3, -0.25) is 9.79 Å². The number of carbonyl (C=O) groups is 1. The van der Waals surface area contributed by atoms with Gasteiger partial charge in [0, 0.05) is 17.3 Å². The lowest BCUT2D eigenvalue weighted by molar-refractivity contribution is 0.100. The highest BCUT2D eigenvalue weighted by atomic mass is 16.5. The minimum absolute atomic E-state index is 0.0504. The van der Waals surface area contributed by atoms with Crippen LogP contribution in [0.5, 0.6) is 23.0 Å². The maximum atomic E-state index is 12.2. The first-order chi connectivity index (χ1) is 12.0. The summed E-state index contributed by atoms with van der Waals surface area (Å²) in [5, 5.41) is 9.75. The highest BCUT2D eigenvalue weighted by molar-refractivity contribution is 5.99. The second-order valence-electron chi connectivity index (χ2n) is 5.37. The minimum Gasteiger partial charge on any atom is -0.504 e. The molecule has 0 unspecified atom stereocenters. The number of Topliss-reactive ketones (excluding diaryl/α,β-unsaturated/α-hetero) is 1. The molecule has 0 aliphatic rings. The number of aromatic hydroxyl groups is 1. The molecular formula is C19H21NO5. The van der Waals surface area contributed by atoms with Gasteiger partial charge in [-0.1, -0.05) is 0 Å². The smallest absolute Gasteiger partial charge is 0.184 e. The molecule has 0 radical (unpaired) electrons. The van der Waals surface area contributed by atoms with Gasteiger partial charge in [0.1, 0.15) is 6.54 Å². The number of rotatable bonds is 7. The lowest BCUT2D eigenvalue weighted by atomic mass is 10.1. The van der Waals surface area contributed by atoms with Gasteiger partial charge in [-0.05, 0) is 42.8 Å². The van der Waals surface area contributed by atoms with Gasteiger partial charge in [-0.25, -0.2) is 0 Å². The van der Waals surface area contributed by atoms with E-state index in [1.165, 1.54) is 13.2 Å². The van der Waals surface area contributed by atoms with Crippen molar-refractivity contribution in [1.29, 1.82) is 0 Å². The number of hydrogen-bond acceptors (Lipinski definition) is 6. The quantitative estimate of drug-likeness (QED) is 0.618. The van der Waals surface area contributed by atoms with Crippen LogP contribution in [0.4, 0.5) is 0 Å². The standard InChI is InChI=1S/C19H21NO5/c1-12-7-14(19(25-4)18(8-12)24-3)10-20-11-16(22)13-5-6-17(23-2)15(21)9-13/h5-10,21H,11H2,1-4H3. The third kappa shape index (κ3) is 4.29. The van der Waals surface area contributed by atoms with Crippen molar-refractivity contribution < 1.29 is 24.1 Å². The first kappa shape index (κ1) is 18.3. The van der Waals surface area contributed by atoms with Gasteiger partial charge in [0.25, 0.3) is 0 Å². The van der Waals surface area contributed by atoms with Crippen LogP contribution in [0.1, 0.15) is 21.5 Å². The number of ketones is 1. The SMILES string of the molecule is COc1ccc(C(=O)CN=Cc2cc(C)cc(OC)c2OC)cc1O. The predicted octanol–water partition coefficient (Wildman–Crippen LogP) is 3.03. The maximum Gasteiger partial charge on any atom is 0.184 e. The molecule has 2 aromatic rings. The average molecular weight is 343 g/mol. The minimum atomic E-state index is -0.215. The van der Waals surface area contributed by atoms with Gasteiger partial charge in [0.05, 0.1) is 21.3 Å². The molecule has 1 N–H and O–H groups in total. The van der Waals surface area contributed by atoms with Gasteiger partial charge >= 0.3 is 0 Å². The first-order valence-corrected chi connectivity index (χ1v) is 7.62. The molecule has 0 atom stereocenters. The zero-order chi connectivity index (χ0) is 18.4. The third-order valence-electron chi connectivity index (χ3n) is 3.62. The van der Waals surface area contributed by atoms with Crippen molar-refractivity contribution in [2.45, 2.75) is 6.92 Å². The zero-order valence-electron chi connectivity index (χ0n) is 14.7. The maximum absolute atomic E-state index is 12.2. The molecule has 6 nitrogen and oxygen atoms in total. The lowest BCUT2D eigenvalue weighted by Crippen LogP contribution is -2.04. The van der Waals surface area contributed by atoms with Gasteiger partial charge in [0.15, 0.2) is 28.8 Å². The first-order valence-electron chi connectivity index (χ1n) is 7.62. The Kier molecular flexibility index (Phi) is 6.00. The van der Waals surface area contributed by atoms with Crippen molar-refractivity contribution in [1.82, 2.24) is 0 Å². The lowest BCUT2D eigenvalue weighted by Gasteiger charge is -2.11. The van der Waals surface area contributed by atoms with Crippen LogP contribution in [0, 0.1) is 6.92 Å². The highest BCUT2D eigenvalue weighted by Crippen LogP contribution is 2.31. The number of phenolic OH excluding ortho intramolecular Hbond substituents is 1. The summed E-state index contributed by atoms with van der Waals surface area (Å²) in [6.45, 7) is 1.88. The van der Waals surface area contributed by atoms with Gasteiger partial charge in [-0.15, -0.1) is 0 Å². The molecule has 0 saturated carbocycles. The third-order valence-corrected chi connectivity index (χ3v) is 3.62. The molecule has 6 heteroatoms. The number of aliphatic imine (C=N–C) groups is 1. The summed E-state index contributed by atoms with van der Waals surface area (Å²) in [7, 11) is 4.57. The van der Waals surface area contributed by atoms with E-state index >= 15 is 0 Å². The Bertz CT molecular complexity index is 799. The summed E-state index contributed by atoms with van der Waals surface area (Å²) >= 11 is 0. The summed E-state index contributed by atoms with van der Waals surface area (Å²) in [6, 6.07) is 8.26. The number of benzene rings is 2. The van der Waals surface area contributed by atoms with Crippen molar-refractivity contribution in [2.75, 3.05) is 27.9 Å². The monoisotopic (exact) mass is 343 g/mol. The van der Waals surface area contributed by atoms with Crippen molar-refractivity contribution in [3.63, 3.8) is 0 Å². The molecule has 2 aromatic carbocycles. The van der Waals surface area contributed by atoms with Crippen LogP contribution >= 0.6 is 0 Å². The normalized spacial score (nSPS) is 10.7. The molecular weight excluding hydrogens is 322 g/mol. The number of nitrogens with zero attached hydrogens (tertiary/aromatic N) is 1. The van der Waals surface area contributed by atoms with Gasteiger partial charge in [0.2, 0.25) is 0 Å². The average Bonchev–Trinajstić information content (AvgIpc) is 2.60. The fraction of sp³-hybridized carbons (Fsp3) is 0.263. The Balaban J connectivity index is 2.17. The number of aryl methyl sites for hydroxylation is 1. The van der Waals surface area contributed by atoms with E-state index in [1.807, 2.05) is 19.1 Å². The number of hydrogen-bond donors (Lipinski definition) is 1. The second-order valence-corrected chi connectivity index (χ2v) is 5.37. The van der Waals surface area contributed by atoms with Crippen LogP contribution in [-0.4, -0.2) is 45.0 Å². The van der Waals surface area contributed by atoms with E-state index in [9.17, 15) is 9.90 Å². The van der Waals surface area contributed by atoms with Crippen LogP contribution in [-0.2, 0) is 0 Å². The Morgan fingerprint density at radius 3 is 2.40 bits per heavy atom. The molecule has 0 amide bonds. The van der Waals surface area contributed by atoms with Crippen LogP contribution in [0.3, 0.4) is 0 Å². The predicted molar refractivity (Wildman–Crippen MR) is 95.7 cm³/mol. The van der Waals surface area contributed by atoms with E-state index in [2.05, 4.69) is 4.99 Å². The fourth-order valence-corrected chi connectivity index (χ4v) is 2.41. The molecule has 0 aromatic heterocycles. The van der Waals surface area contributed by atoms with E-state index in [4.69, 9.17) is 14.2 Å². The molecule has 0 spiro atoms.